The standard InChI is InChI=1S/C13H12N2O2S/c1-18-9-10-4-2-3-5-12(10)13-7-6-11(8-14-13)15(16)17/h2-8H,9H2,1H3. The maximum Gasteiger partial charge on any atom is 0.287 e. The van der Waals surface area contributed by atoms with Crippen molar-refractivity contribution in [1.29, 1.82) is 0 Å². The number of pyridine rings is 1. The van der Waals surface area contributed by atoms with Gasteiger partial charge in [0.05, 0.1) is 10.6 Å². The molecule has 5 heteroatoms. The van der Waals surface area contributed by atoms with E-state index in [2.05, 4.69) is 11.1 Å². The summed E-state index contributed by atoms with van der Waals surface area (Å²) in [6, 6.07) is 11.1. The predicted octanol–water partition coefficient (Wildman–Crippen LogP) is 3.52. The molecule has 0 aliphatic carbocycles. The van der Waals surface area contributed by atoms with Crippen LogP contribution in [0.5, 0.6) is 0 Å². The van der Waals surface area contributed by atoms with Crippen molar-refractivity contribution in [2.45, 2.75) is 5.75 Å². The lowest BCUT2D eigenvalue weighted by molar-refractivity contribution is -0.385. The molecule has 1 heterocycles. The third-order valence-electron chi connectivity index (χ3n) is 2.55. The summed E-state index contributed by atoms with van der Waals surface area (Å²) in [6.07, 6.45) is 3.34. The Morgan fingerprint density at radius 2 is 2.06 bits per heavy atom. The molecule has 0 N–H and O–H groups in total. The molecule has 18 heavy (non-hydrogen) atoms. The van der Waals surface area contributed by atoms with E-state index < -0.39 is 4.92 Å². The average Bonchev–Trinajstić information content (AvgIpc) is 2.40. The fourth-order valence-electron chi connectivity index (χ4n) is 1.70. The van der Waals surface area contributed by atoms with Crippen LogP contribution in [0.1, 0.15) is 5.56 Å². The van der Waals surface area contributed by atoms with Crippen molar-refractivity contribution in [3.05, 3.63) is 58.3 Å². The van der Waals surface area contributed by atoms with E-state index in [-0.39, 0.29) is 5.69 Å². The molecule has 0 unspecified atom stereocenters. The Hall–Kier alpha value is -1.88. The van der Waals surface area contributed by atoms with E-state index in [1.807, 2.05) is 24.5 Å². The number of thioether (sulfide) groups is 1. The second kappa shape index (κ2) is 5.64. The van der Waals surface area contributed by atoms with Crippen molar-refractivity contribution < 1.29 is 4.92 Å². The molecule has 2 rings (SSSR count). The number of benzene rings is 1. The lowest BCUT2D eigenvalue weighted by Crippen LogP contribution is -1.92. The Kier molecular flexibility index (Phi) is 3.94. The van der Waals surface area contributed by atoms with Crippen molar-refractivity contribution in [3.8, 4) is 11.3 Å². The van der Waals surface area contributed by atoms with Crippen LogP contribution < -0.4 is 0 Å². The predicted molar refractivity (Wildman–Crippen MR) is 73.5 cm³/mol. The molecule has 2 aromatic rings. The molecule has 0 spiro atoms. The maximum absolute atomic E-state index is 10.6. The fraction of sp³-hybridized carbons (Fsp3) is 0.154. The Labute approximate surface area is 109 Å². The lowest BCUT2D eigenvalue weighted by atomic mass is 10.1. The van der Waals surface area contributed by atoms with Gasteiger partial charge >= 0.3 is 0 Å². The second-order valence-corrected chi connectivity index (χ2v) is 4.61. The first-order valence-corrected chi connectivity index (χ1v) is 6.79. The van der Waals surface area contributed by atoms with Crippen molar-refractivity contribution in [2.24, 2.45) is 0 Å². The number of aromatic nitrogens is 1. The van der Waals surface area contributed by atoms with Crippen LogP contribution in [0.2, 0.25) is 0 Å². The highest BCUT2D eigenvalue weighted by Gasteiger charge is 2.09. The SMILES string of the molecule is CSCc1ccccc1-c1ccc([N+](=O)[O-])cn1. The monoisotopic (exact) mass is 260 g/mol. The first kappa shape index (κ1) is 12.6. The van der Waals surface area contributed by atoms with E-state index in [1.165, 1.54) is 17.8 Å². The molecule has 1 aromatic heterocycles. The highest BCUT2D eigenvalue weighted by Crippen LogP contribution is 2.25. The summed E-state index contributed by atoms with van der Waals surface area (Å²) in [6.45, 7) is 0. The smallest absolute Gasteiger partial charge is 0.258 e. The molecule has 0 aliphatic heterocycles. The molecular formula is C13H12N2O2S. The van der Waals surface area contributed by atoms with Gasteiger partial charge in [0.25, 0.3) is 5.69 Å². The molecule has 0 aliphatic rings. The minimum Gasteiger partial charge on any atom is -0.258 e. The van der Waals surface area contributed by atoms with Crippen LogP contribution in [-0.4, -0.2) is 16.2 Å². The van der Waals surface area contributed by atoms with Gasteiger partial charge in [-0.1, -0.05) is 24.3 Å². The third kappa shape index (κ3) is 2.68. The zero-order valence-corrected chi connectivity index (χ0v) is 10.7. The molecule has 0 bridgehead atoms. The number of rotatable bonds is 4. The van der Waals surface area contributed by atoms with Gasteiger partial charge in [-0.25, -0.2) is 4.98 Å². The summed E-state index contributed by atoms with van der Waals surface area (Å²) in [5.74, 6) is 0.898. The molecule has 1 aromatic carbocycles. The van der Waals surface area contributed by atoms with E-state index in [9.17, 15) is 10.1 Å². The van der Waals surface area contributed by atoms with Crippen molar-refractivity contribution >= 4 is 17.4 Å². The summed E-state index contributed by atoms with van der Waals surface area (Å²) in [5, 5.41) is 10.6. The Balaban J connectivity index is 2.39. The molecule has 0 radical (unpaired) electrons. The highest BCUT2D eigenvalue weighted by molar-refractivity contribution is 7.97. The summed E-state index contributed by atoms with van der Waals surface area (Å²) in [4.78, 5) is 14.3. The molecule has 0 amide bonds. The van der Waals surface area contributed by atoms with Crippen LogP contribution in [-0.2, 0) is 5.75 Å². The summed E-state index contributed by atoms with van der Waals surface area (Å²) in [5.41, 5.74) is 3.00. The van der Waals surface area contributed by atoms with E-state index in [4.69, 9.17) is 0 Å². The summed E-state index contributed by atoms with van der Waals surface area (Å²) in [7, 11) is 0. The normalized spacial score (nSPS) is 10.3. The lowest BCUT2D eigenvalue weighted by Gasteiger charge is -2.07. The number of nitrogens with zero attached hydrogens (tertiary/aromatic N) is 2. The van der Waals surface area contributed by atoms with Gasteiger partial charge in [-0.2, -0.15) is 11.8 Å². The largest absolute Gasteiger partial charge is 0.287 e. The van der Waals surface area contributed by atoms with Crippen molar-refractivity contribution in [1.82, 2.24) is 4.98 Å². The molecule has 0 atom stereocenters. The first-order valence-electron chi connectivity index (χ1n) is 5.40. The number of hydrogen-bond donors (Lipinski definition) is 0. The van der Waals surface area contributed by atoms with Crippen LogP contribution in [0.3, 0.4) is 0 Å². The Bertz CT molecular complexity index is 555. The van der Waals surface area contributed by atoms with E-state index in [1.54, 1.807) is 17.8 Å². The summed E-state index contributed by atoms with van der Waals surface area (Å²) >= 11 is 1.74. The first-order chi connectivity index (χ1) is 8.72. The van der Waals surface area contributed by atoms with Gasteiger partial charge in [0.1, 0.15) is 6.20 Å². The van der Waals surface area contributed by atoms with Crippen molar-refractivity contribution in [3.63, 3.8) is 0 Å². The zero-order chi connectivity index (χ0) is 13.0. The molecule has 0 saturated carbocycles. The van der Waals surface area contributed by atoms with E-state index in [0.29, 0.717) is 0 Å². The van der Waals surface area contributed by atoms with Gasteiger partial charge in [-0.15, -0.1) is 0 Å². The zero-order valence-electron chi connectivity index (χ0n) is 9.87. The number of hydrogen-bond acceptors (Lipinski definition) is 4. The minimum atomic E-state index is -0.440. The Morgan fingerprint density at radius 3 is 2.67 bits per heavy atom. The van der Waals surface area contributed by atoms with Gasteiger partial charge in [0, 0.05) is 17.4 Å². The van der Waals surface area contributed by atoms with Crippen molar-refractivity contribution in [2.75, 3.05) is 6.26 Å². The molecule has 0 saturated heterocycles. The van der Waals surface area contributed by atoms with Gasteiger partial charge < -0.3 is 0 Å². The van der Waals surface area contributed by atoms with Crippen LogP contribution in [0.15, 0.2) is 42.6 Å². The van der Waals surface area contributed by atoms with Crippen LogP contribution in [0, 0.1) is 10.1 Å². The highest BCUT2D eigenvalue weighted by atomic mass is 32.2. The number of nitro groups is 1. The fourth-order valence-corrected chi connectivity index (χ4v) is 2.27. The van der Waals surface area contributed by atoms with E-state index >= 15 is 0 Å². The second-order valence-electron chi connectivity index (χ2n) is 3.75. The van der Waals surface area contributed by atoms with E-state index in [0.717, 1.165) is 17.0 Å². The molecule has 0 fully saturated rings. The maximum atomic E-state index is 10.6. The third-order valence-corrected chi connectivity index (χ3v) is 3.15. The van der Waals surface area contributed by atoms with Crippen LogP contribution in [0.25, 0.3) is 11.3 Å². The Morgan fingerprint density at radius 1 is 1.28 bits per heavy atom. The van der Waals surface area contributed by atoms with Crippen LogP contribution in [0.4, 0.5) is 5.69 Å². The van der Waals surface area contributed by atoms with Gasteiger partial charge in [0.2, 0.25) is 0 Å². The quantitative estimate of drug-likeness (QED) is 0.623. The summed E-state index contributed by atoms with van der Waals surface area (Å²) < 4.78 is 0. The average molecular weight is 260 g/mol. The van der Waals surface area contributed by atoms with Crippen LogP contribution >= 0.6 is 11.8 Å². The van der Waals surface area contributed by atoms with Gasteiger partial charge in [0.15, 0.2) is 0 Å². The molecular weight excluding hydrogens is 248 g/mol. The van der Waals surface area contributed by atoms with Gasteiger partial charge in [-0.3, -0.25) is 10.1 Å². The molecule has 92 valence electrons. The van der Waals surface area contributed by atoms with Gasteiger partial charge in [-0.05, 0) is 17.9 Å². The topological polar surface area (TPSA) is 56.0 Å². The minimum absolute atomic E-state index is 0.0149. The molecule has 4 nitrogen and oxygen atoms in total.